The zero-order valence-corrected chi connectivity index (χ0v) is 20.9. The predicted octanol–water partition coefficient (Wildman–Crippen LogP) is 3.64. The van der Waals surface area contributed by atoms with E-state index < -0.39 is 24.3 Å². The van der Waals surface area contributed by atoms with Crippen molar-refractivity contribution in [3.63, 3.8) is 0 Å². The summed E-state index contributed by atoms with van der Waals surface area (Å²) in [4.78, 5) is 41.1. The van der Waals surface area contributed by atoms with Crippen molar-refractivity contribution in [1.82, 2.24) is 14.9 Å². The van der Waals surface area contributed by atoms with Crippen LogP contribution in [-0.2, 0) is 25.7 Å². The number of morpholine rings is 1. The van der Waals surface area contributed by atoms with Gasteiger partial charge in [0.25, 0.3) is 5.91 Å². The van der Waals surface area contributed by atoms with Gasteiger partial charge in [-0.25, -0.2) is 14.6 Å². The van der Waals surface area contributed by atoms with Gasteiger partial charge in [-0.05, 0) is 49.6 Å². The van der Waals surface area contributed by atoms with E-state index in [2.05, 4.69) is 9.97 Å². The summed E-state index contributed by atoms with van der Waals surface area (Å²) in [7, 11) is 0. The van der Waals surface area contributed by atoms with Gasteiger partial charge in [0.2, 0.25) is 0 Å². The van der Waals surface area contributed by atoms with E-state index in [1.807, 2.05) is 36.1 Å². The molecule has 16 heteroatoms. The number of carbonyl (C=O) groups excluding carboxylic acids is 1. The fraction of sp³-hybridized carbons (Fsp3) is 0.458. The number of halogens is 6. The van der Waals surface area contributed by atoms with Crippen LogP contribution < -0.4 is 0 Å². The molecule has 2 aromatic rings. The number of amides is 1. The summed E-state index contributed by atoms with van der Waals surface area (Å²) in [5.41, 5.74) is 2.45. The highest BCUT2D eigenvalue weighted by molar-refractivity contribution is 5.92. The second kappa shape index (κ2) is 14.0. The standard InChI is InChI=1S/C20H23N3O3.2C2HF3O2/c1-14-3-2-4-16(22-14)20(24)23-11-12-25-19-17(23)5-6-18(19)26-13-15-7-9-21-10-8-15;2*3-2(4,5)1(6)7/h2-4,7-10,17-19H,5-6,11-13H2,1H3;2*(H,6,7)/t17-,18+,19+;;/m0../s1. The molecule has 2 fully saturated rings. The number of carboxylic acid groups (broad SMARTS) is 2. The van der Waals surface area contributed by atoms with Crippen LogP contribution >= 0.6 is 0 Å². The Morgan fingerprint density at radius 3 is 2.10 bits per heavy atom. The Morgan fingerprint density at radius 2 is 1.57 bits per heavy atom. The molecule has 1 aliphatic carbocycles. The van der Waals surface area contributed by atoms with Gasteiger partial charge in [0.05, 0.1) is 25.4 Å². The quantitative estimate of drug-likeness (QED) is 0.518. The minimum atomic E-state index is -5.08. The number of aromatic nitrogens is 2. The lowest BCUT2D eigenvalue weighted by atomic mass is 10.1. The molecular weight excluding hydrogens is 556 g/mol. The number of ether oxygens (including phenoxy) is 2. The number of hydrogen-bond acceptors (Lipinski definition) is 7. The van der Waals surface area contributed by atoms with Gasteiger partial charge in [-0.2, -0.15) is 26.3 Å². The van der Waals surface area contributed by atoms with Gasteiger partial charge in [0.15, 0.2) is 0 Å². The van der Waals surface area contributed by atoms with Crippen LogP contribution in [0.4, 0.5) is 26.3 Å². The van der Waals surface area contributed by atoms with E-state index in [1.54, 1.807) is 18.5 Å². The molecule has 0 aromatic carbocycles. The Bertz CT molecular complexity index is 1120. The van der Waals surface area contributed by atoms with Crippen LogP contribution in [-0.4, -0.2) is 86.7 Å². The molecule has 220 valence electrons. The molecule has 10 nitrogen and oxygen atoms in total. The van der Waals surface area contributed by atoms with E-state index in [9.17, 15) is 31.1 Å². The third kappa shape index (κ3) is 9.75. The largest absolute Gasteiger partial charge is 0.490 e. The zero-order valence-electron chi connectivity index (χ0n) is 20.9. The van der Waals surface area contributed by atoms with Gasteiger partial charge in [-0.3, -0.25) is 9.78 Å². The molecule has 0 spiro atoms. The molecule has 1 aliphatic heterocycles. The molecule has 2 N–H and O–H groups in total. The van der Waals surface area contributed by atoms with E-state index in [0.29, 0.717) is 25.5 Å². The first-order valence-electron chi connectivity index (χ1n) is 11.6. The molecule has 0 unspecified atom stereocenters. The summed E-state index contributed by atoms with van der Waals surface area (Å²) >= 11 is 0. The summed E-state index contributed by atoms with van der Waals surface area (Å²) < 4.78 is 75.6. The number of pyridine rings is 2. The third-order valence-electron chi connectivity index (χ3n) is 5.60. The van der Waals surface area contributed by atoms with E-state index in [4.69, 9.17) is 29.3 Å². The van der Waals surface area contributed by atoms with Gasteiger partial charge in [0, 0.05) is 24.6 Å². The van der Waals surface area contributed by atoms with Crippen molar-refractivity contribution in [1.29, 1.82) is 0 Å². The third-order valence-corrected chi connectivity index (χ3v) is 5.60. The van der Waals surface area contributed by atoms with Crippen molar-refractivity contribution >= 4 is 17.8 Å². The monoisotopic (exact) mass is 581 g/mol. The fourth-order valence-corrected chi connectivity index (χ4v) is 3.84. The fourth-order valence-electron chi connectivity index (χ4n) is 3.84. The van der Waals surface area contributed by atoms with E-state index in [-0.39, 0.29) is 24.2 Å². The first-order valence-corrected chi connectivity index (χ1v) is 11.6. The number of alkyl halides is 6. The highest BCUT2D eigenvalue weighted by Gasteiger charge is 2.45. The van der Waals surface area contributed by atoms with Crippen LogP contribution in [0.2, 0.25) is 0 Å². The number of carbonyl (C=O) groups is 3. The Labute approximate surface area is 223 Å². The van der Waals surface area contributed by atoms with Gasteiger partial charge in [-0.1, -0.05) is 6.07 Å². The van der Waals surface area contributed by atoms with Gasteiger partial charge >= 0.3 is 24.3 Å². The lowest BCUT2D eigenvalue weighted by Crippen LogP contribution is -2.54. The van der Waals surface area contributed by atoms with Crippen molar-refractivity contribution in [3.8, 4) is 0 Å². The molecule has 0 radical (unpaired) electrons. The average Bonchev–Trinajstić information content (AvgIpc) is 3.30. The number of hydrogen-bond donors (Lipinski definition) is 2. The minimum absolute atomic E-state index is 0.00855. The number of aliphatic carboxylic acids is 2. The maximum Gasteiger partial charge on any atom is 0.490 e. The van der Waals surface area contributed by atoms with Crippen LogP contribution in [0.25, 0.3) is 0 Å². The summed E-state index contributed by atoms with van der Waals surface area (Å²) in [6, 6.07) is 9.52. The summed E-state index contributed by atoms with van der Waals surface area (Å²) in [6.07, 6.45) is -4.91. The molecule has 1 amide bonds. The highest BCUT2D eigenvalue weighted by Crippen LogP contribution is 2.33. The Hall–Kier alpha value is -3.79. The molecule has 1 saturated heterocycles. The van der Waals surface area contributed by atoms with Crippen LogP contribution in [0.1, 0.15) is 34.6 Å². The number of nitrogens with zero attached hydrogens (tertiary/aromatic N) is 3. The first kappa shape index (κ1) is 32.4. The molecule has 3 heterocycles. The Morgan fingerprint density at radius 1 is 1.00 bits per heavy atom. The van der Waals surface area contributed by atoms with Crippen LogP contribution in [0, 0.1) is 6.92 Å². The summed E-state index contributed by atoms with van der Waals surface area (Å²) in [6.45, 7) is 3.57. The molecule has 3 atom stereocenters. The van der Waals surface area contributed by atoms with Crippen molar-refractivity contribution < 1.29 is 60.4 Å². The van der Waals surface area contributed by atoms with Crippen molar-refractivity contribution in [2.75, 3.05) is 13.2 Å². The van der Waals surface area contributed by atoms with Gasteiger partial charge in [-0.15, -0.1) is 0 Å². The lowest BCUT2D eigenvalue weighted by Gasteiger charge is -2.39. The first-order chi connectivity index (χ1) is 18.6. The molecule has 1 saturated carbocycles. The van der Waals surface area contributed by atoms with E-state index >= 15 is 0 Å². The second-order valence-corrected chi connectivity index (χ2v) is 8.45. The van der Waals surface area contributed by atoms with Crippen LogP contribution in [0.5, 0.6) is 0 Å². The van der Waals surface area contributed by atoms with Crippen LogP contribution in [0.15, 0.2) is 42.7 Å². The molecular formula is C24H25F6N3O7. The molecule has 0 bridgehead atoms. The maximum absolute atomic E-state index is 12.9. The lowest BCUT2D eigenvalue weighted by molar-refractivity contribution is -0.193. The molecule has 2 aliphatic rings. The smallest absolute Gasteiger partial charge is 0.475 e. The second-order valence-electron chi connectivity index (χ2n) is 8.45. The molecule has 4 rings (SSSR count). The van der Waals surface area contributed by atoms with E-state index in [1.165, 1.54) is 0 Å². The topological polar surface area (TPSA) is 139 Å². The summed E-state index contributed by atoms with van der Waals surface area (Å²) in [5, 5.41) is 14.2. The van der Waals surface area contributed by atoms with E-state index in [0.717, 1.165) is 24.1 Å². The molecule has 40 heavy (non-hydrogen) atoms. The highest BCUT2D eigenvalue weighted by atomic mass is 19.4. The Kier molecular flexibility index (Phi) is 11.4. The summed E-state index contributed by atoms with van der Waals surface area (Å²) in [5.74, 6) is -5.53. The SMILES string of the molecule is Cc1cccc(C(=O)N2CCO[C@H]3[C@H](OCc4ccncc4)CC[C@@H]32)n1.O=C(O)C(F)(F)F.O=C(O)C(F)(F)F. The predicted molar refractivity (Wildman–Crippen MR) is 123 cm³/mol. The van der Waals surface area contributed by atoms with Crippen molar-refractivity contribution in [2.45, 2.75) is 57.0 Å². The van der Waals surface area contributed by atoms with Crippen molar-refractivity contribution in [3.05, 3.63) is 59.7 Å². The average molecular weight is 581 g/mol. The number of fused-ring (bicyclic) bond motifs is 1. The van der Waals surface area contributed by atoms with Gasteiger partial charge < -0.3 is 24.6 Å². The zero-order chi connectivity index (χ0) is 30.1. The number of rotatable bonds is 4. The Balaban J connectivity index is 0.000000333. The molecule has 2 aromatic heterocycles. The number of aryl methyl sites for hydroxylation is 1. The normalized spacial score (nSPS) is 20.3. The maximum atomic E-state index is 12.9. The van der Waals surface area contributed by atoms with Crippen LogP contribution in [0.3, 0.4) is 0 Å². The van der Waals surface area contributed by atoms with Gasteiger partial charge in [0.1, 0.15) is 11.8 Å². The minimum Gasteiger partial charge on any atom is -0.475 e. The van der Waals surface area contributed by atoms with Crippen molar-refractivity contribution in [2.24, 2.45) is 0 Å². The number of carboxylic acids is 2.